The van der Waals surface area contributed by atoms with Gasteiger partial charge in [-0.1, -0.05) is 30.4 Å². The largest absolute Gasteiger partial charge is 0.385 e. The number of hydrogen-bond donors (Lipinski definition) is 1. The number of methoxy groups -OCH3 is 1. The summed E-state index contributed by atoms with van der Waals surface area (Å²) >= 11 is 0. The molecular weight excluding hydrogens is 351 g/mol. The van der Waals surface area contributed by atoms with Crippen molar-refractivity contribution in [2.45, 2.75) is 6.42 Å². The summed E-state index contributed by atoms with van der Waals surface area (Å²) in [5, 5.41) is 2.41. The van der Waals surface area contributed by atoms with Crippen LogP contribution >= 0.6 is 0 Å². The van der Waals surface area contributed by atoms with Gasteiger partial charge in [0.15, 0.2) is 0 Å². The van der Waals surface area contributed by atoms with Crippen LogP contribution in [0.15, 0.2) is 58.6 Å². The van der Waals surface area contributed by atoms with Gasteiger partial charge in [-0.2, -0.15) is 9.98 Å². The molecule has 3 rings (SSSR count). The first-order chi connectivity index (χ1) is 13.1. The lowest BCUT2D eigenvalue weighted by atomic mass is 9.94. The SMILES string of the molecule is COCCCN1C(=O)N=C2C=CC=CC2/C1=N/C(=O)Nc1ccccc1F. The first-order valence-electron chi connectivity index (χ1n) is 8.48. The molecule has 2 aliphatic rings. The van der Waals surface area contributed by atoms with Gasteiger partial charge in [-0.3, -0.25) is 4.90 Å². The molecule has 1 aliphatic carbocycles. The van der Waals surface area contributed by atoms with Gasteiger partial charge in [0, 0.05) is 20.3 Å². The first kappa shape index (κ1) is 18.7. The number of benzene rings is 1. The smallest absolute Gasteiger partial charge is 0.349 e. The van der Waals surface area contributed by atoms with Crippen LogP contribution in [0.4, 0.5) is 19.7 Å². The quantitative estimate of drug-likeness (QED) is 0.806. The Morgan fingerprint density at radius 2 is 2.19 bits per heavy atom. The number of halogens is 1. The number of ether oxygens (including phenoxy) is 1. The number of rotatable bonds is 5. The van der Waals surface area contributed by atoms with Crippen LogP contribution in [0, 0.1) is 11.7 Å². The molecule has 0 saturated heterocycles. The Labute approximate surface area is 155 Å². The number of fused-ring (bicyclic) bond motifs is 1. The van der Waals surface area contributed by atoms with E-state index in [1.54, 1.807) is 31.4 Å². The third-order valence-corrected chi connectivity index (χ3v) is 4.07. The van der Waals surface area contributed by atoms with E-state index in [4.69, 9.17) is 4.74 Å². The maximum absolute atomic E-state index is 13.8. The fourth-order valence-corrected chi connectivity index (χ4v) is 2.81. The molecule has 1 unspecified atom stereocenters. The highest BCUT2D eigenvalue weighted by molar-refractivity contribution is 6.24. The van der Waals surface area contributed by atoms with Crippen LogP contribution in [0.3, 0.4) is 0 Å². The fourth-order valence-electron chi connectivity index (χ4n) is 2.81. The molecule has 0 fully saturated rings. The lowest BCUT2D eigenvalue weighted by molar-refractivity contribution is 0.184. The normalized spacial score (nSPS) is 19.9. The van der Waals surface area contributed by atoms with Gasteiger partial charge < -0.3 is 10.1 Å². The molecule has 140 valence electrons. The predicted octanol–water partition coefficient (Wildman–Crippen LogP) is 3.41. The van der Waals surface area contributed by atoms with Crippen LogP contribution < -0.4 is 5.32 Å². The molecule has 1 heterocycles. The van der Waals surface area contributed by atoms with E-state index in [1.807, 2.05) is 6.08 Å². The van der Waals surface area contributed by atoms with Gasteiger partial charge >= 0.3 is 12.1 Å². The molecule has 1 atom stereocenters. The first-order valence-corrected chi connectivity index (χ1v) is 8.48. The van der Waals surface area contributed by atoms with Crippen LogP contribution in [0.25, 0.3) is 0 Å². The maximum Gasteiger partial charge on any atom is 0.349 e. The van der Waals surface area contributed by atoms with Crippen molar-refractivity contribution in [2.24, 2.45) is 15.9 Å². The Morgan fingerprint density at radius 1 is 1.37 bits per heavy atom. The summed E-state index contributed by atoms with van der Waals surface area (Å²) in [7, 11) is 1.57. The standard InChI is InChI=1S/C19H19FN4O3/c1-27-12-6-11-24-17(13-7-2-4-9-15(13)22-19(24)26)23-18(25)21-16-10-5-3-8-14(16)20/h2-5,7-10,13H,6,11-12H2,1H3,(H,21,25)/b23-17-. The van der Waals surface area contributed by atoms with E-state index in [0.717, 1.165) is 0 Å². The molecule has 0 saturated carbocycles. The minimum absolute atomic E-state index is 0.0212. The van der Waals surface area contributed by atoms with Crippen LogP contribution in [-0.2, 0) is 4.74 Å². The van der Waals surface area contributed by atoms with Crippen molar-refractivity contribution in [1.29, 1.82) is 0 Å². The van der Waals surface area contributed by atoms with Gasteiger partial charge in [-0.15, -0.1) is 0 Å². The number of hydrogen-bond acceptors (Lipinski definition) is 3. The minimum atomic E-state index is -0.760. The molecule has 0 radical (unpaired) electrons. The van der Waals surface area contributed by atoms with Gasteiger partial charge in [0.1, 0.15) is 11.7 Å². The zero-order valence-electron chi connectivity index (χ0n) is 14.8. The summed E-state index contributed by atoms with van der Waals surface area (Å²) in [6.07, 6.45) is 7.65. The van der Waals surface area contributed by atoms with Gasteiger partial charge in [-0.25, -0.2) is 14.0 Å². The second kappa shape index (κ2) is 8.50. The number of amides is 4. The maximum atomic E-state index is 13.8. The number of anilines is 1. The van der Waals surface area contributed by atoms with Crippen LogP contribution in [0.5, 0.6) is 0 Å². The Balaban J connectivity index is 1.88. The number of nitrogens with zero attached hydrogens (tertiary/aromatic N) is 3. The fraction of sp³-hybridized carbons (Fsp3) is 0.263. The summed E-state index contributed by atoms with van der Waals surface area (Å²) < 4.78 is 18.8. The minimum Gasteiger partial charge on any atom is -0.385 e. The van der Waals surface area contributed by atoms with Crippen LogP contribution in [0.1, 0.15) is 6.42 Å². The molecule has 0 bridgehead atoms. The number of urea groups is 2. The number of aliphatic imine (C=N–C) groups is 2. The third kappa shape index (κ3) is 4.35. The molecule has 1 N–H and O–H groups in total. The molecule has 7 nitrogen and oxygen atoms in total. The van der Waals surface area contributed by atoms with E-state index in [9.17, 15) is 14.0 Å². The van der Waals surface area contributed by atoms with Crippen LogP contribution in [-0.4, -0.2) is 48.8 Å². The molecule has 4 amide bonds. The van der Waals surface area contributed by atoms with E-state index in [1.165, 1.54) is 23.1 Å². The summed E-state index contributed by atoms with van der Waals surface area (Å²) in [5.41, 5.74) is 0.538. The molecule has 1 aliphatic heterocycles. The van der Waals surface area contributed by atoms with Gasteiger partial charge in [0.05, 0.1) is 17.3 Å². The van der Waals surface area contributed by atoms with Crippen LogP contribution in [0.2, 0.25) is 0 Å². The van der Waals surface area contributed by atoms with E-state index >= 15 is 0 Å². The predicted molar refractivity (Wildman–Crippen MR) is 101 cm³/mol. The number of carbonyl (C=O) groups excluding carboxylic acids is 2. The number of allylic oxidation sites excluding steroid dienone is 3. The Hall–Kier alpha value is -3.13. The zero-order valence-corrected chi connectivity index (χ0v) is 14.8. The monoisotopic (exact) mass is 370 g/mol. The van der Waals surface area contributed by atoms with Crippen molar-refractivity contribution >= 4 is 29.3 Å². The Bertz CT molecular complexity index is 860. The average Bonchev–Trinajstić information content (AvgIpc) is 2.66. The summed E-state index contributed by atoms with van der Waals surface area (Å²) in [5.74, 6) is -0.720. The molecule has 0 spiro atoms. The number of nitrogens with one attached hydrogen (secondary N) is 1. The highest BCUT2D eigenvalue weighted by Gasteiger charge is 2.34. The molecule has 8 heteroatoms. The average molecular weight is 370 g/mol. The summed E-state index contributed by atoms with van der Waals surface area (Å²) in [6.45, 7) is 0.763. The van der Waals surface area contributed by atoms with E-state index in [-0.39, 0.29) is 11.5 Å². The van der Waals surface area contributed by atoms with Crippen molar-refractivity contribution in [3.8, 4) is 0 Å². The number of para-hydroxylation sites is 1. The number of amidine groups is 1. The summed E-state index contributed by atoms with van der Waals surface area (Å²) in [6, 6.07) is 4.55. The summed E-state index contributed by atoms with van der Waals surface area (Å²) in [4.78, 5) is 34.3. The van der Waals surface area contributed by atoms with Gasteiger partial charge in [0.2, 0.25) is 0 Å². The van der Waals surface area contributed by atoms with Gasteiger partial charge in [-0.05, 0) is 24.6 Å². The molecule has 0 aromatic heterocycles. The van der Waals surface area contributed by atoms with Gasteiger partial charge in [0.25, 0.3) is 0 Å². The van der Waals surface area contributed by atoms with Crippen molar-refractivity contribution in [2.75, 3.05) is 25.6 Å². The lowest BCUT2D eigenvalue weighted by Crippen LogP contribution is -2.47. The Morgan fingerprint density at radius 3 is 2.96 bits per heavy atom. The van der Waals surface area contributed by atoms with Crippen molar-refractivity contribution in [3.05, 3.63) is 54.4 Å². The van der Waals surface area contributed by atoms with E-state index in [0.29, 0.717) is 25.3 Å². The molecular formula is C19H19FN4O3. The Kier molecular flexibility index (Phi) is 5.87. The zero-order chi connectivity index (χ0) is 19.2. The third-order valence-electron chi connectivity index (χ3n) is 4.07. The highest BCUT2D eigenvalue weighted by Crippen LogP contribution is 2.22. The lowest BCUT2D eigenvalue weighted by Gasteiger charge is -2.31. The second-order valence-electron chi connectivity index (χ2n) is 5.92. The number of carbonyl (C=O) groups is 2. The van der Waals surface area contributed by atoms with Crippen molar-refractivity contribution in [1.82, 2.24) is 4.90 Å². The molecule has 27 heavy (non-hydrogen) atoms. The topological polar surface area (TPSA) is 83.4 Å². The highest BCUT2D eigenvalue weighted by atomic mass is 19.1. The van der Waals surface area contributed by atoms with E-state index < -0.39 is 23.8 Å². The molecule has 1 aromatic rings. The molecule has 1 aromatic carbocycles. The van der Waals surface area contributed by atoms with E-state index in [2.05, 4.69) is 15.3 Å². The van der Waals surface area contributed by atoms with Crippen molar-refractivity contribution in [3.63, 3.8) is 0 Å². The second-order valence-corrected chi connectivity index (χ2v) is 5.92. The van der Waals surface area contributed by atoms with Crippen molar-refractivity contribution < 1.29 is 18.7 Å².